The summed E-state index contributed by atoms with van der Waals surface area (Å²) in [6.45, 7) is 2.90. The molecule has 2 atom stereocenters. The van der Waals surface area contributed by atoms with Crippen molar-refractivity contribution in [2.45, 2.75) is 44.5 Å². The number of ether oxygens (including phenoxy) is 1. The predicted molar refractivity (Wildman–Crippen MR) is 135 cm³/mol. The molecular weight excluding hydrogens is 529 g/mol. The fraction of sp³-hybridized carbons (Fsp3) is 0.480. The molecule has 3 aromatic rings. The number of hydrogen-bond acceptors (Lipinski definition) is 7. The molecule has 7 nitrogen and oxygen atoms in total. The average Bonchev–Trinajstić information content (AvgIpc) is 3.26. The minimum atomic E-state index is -4.69. The first kappa shape index (κ1) is 28.1. The number of nitrogens with zero attached hydrogens (tertiary/aromatic N) is 3. The fourth-order valence-corrected chi connectivity index (χ4v) is 5.53. The topological polar surface area (TPSA) is 79.4 Å². The third kappa shape index (κ3) is 5.89. The maximum absolute atomic E-state index is 14.1. The Morgan fingerprint density at radius 1 is 1.21 bits per heavy atom. The van der Waals surface area contributed by atoms with Gasteiger partial charge in [-0.15, -0.1) is 0 Å². The Bertz CT molecular complexity index is 1260. The predicted octanol–water partition coefficient (Wildman–Crippen LogP) is 5.76. The number of hydrogen-bond donors (Lipinski definition) is 2. The van der Waals surface area contributed by atoms with Gasteiger partial charge >= 0.3 is 6.18 Å². The van der Waals surface area contributed by atoms with Crippen molar-refractivity contribution in [2.75, 3.05) is 32.6 Å². The fourth-order valence-electron chi connectivity index (χ4n) is 4.75. The summed E-state index contributed by atoms with van der Waals surface area (Å²) >= 11 is 1.25. The Balaban J connectivity index is 1.63. The normalized spacial score (nSPS) is 16.6. The Hall–Kier alpha value is -2.90. The lowest BCUT2D eigenvalue weighted by molar-refractivity contribution is -0.190. The summed E-state index contributed by atoms with van der Waals surface area (Å²) in [4.78, 5) is 22.7. The largest absolute Gasteiger partial charge is 0.413 e. The van der Waals surface area contributed by atoms with Gasteiger partial charge in [0.05, 0.1) is 16.9 Å². The molecular formula is C25H28F5N5O2S. The number of benzene rings is 1. The Kier molecular flexibility index (Phi) is 8.48. The van der Waals surface area contributed by atoms with Gasteiger partial charge in [0.2, 0.25) is 5.91 Å². The summed E-state index contributed by atoms with van der Waals surface area (Å²) < 4.78 is 75.1. The van der Waals surface area contributed by atoms with Crippen molar-refractivity contribution in [3.8, 4) is 0 Å². The van der Waals surface area contributed by atoms with Gasteiger partial charge < -0.3 is 20.3 Å². The number of aromatic nitrogens is 2. The van der Waals surface area contributed by atoms with E-state index < -0.39 is 36.6 Å². The van der Waals surface area contributed by atoms with Crippen LogP contribution in [0.25, 0.3) is 10.3 Å². The highest BCUT2D eigenvalue weighted by Crippen LogP contribution is 2.40. The molecule has 0 bridgehead atoms. The van der Waals surface area contributed by atoms with Gasteiger partial charge in [0.25, 0.3) is 6.43 Å². The smallest absolute Gasteiger partial charge is 0.371 e. The number of halogens is 5. The number of pyridine rings is 1. The van der Waals surface area contributed by atoms with Gasteiger partial charge in [-0.1, -0.05) is 23.5 Å². The summed E-state index contributed by atoms with van der Waals surface area (Å²) in [6, 6.07) is 3.23. The van der Waals surface area contributed by atoms with Gasteiger partial charge in [0, 0.05) is 31.3 Å². The van der Waals surface area contributed by atoms with Crippen LogP contribution in [0.2, 0.25) is 0 Å². The molecule has 38 heavy (non-hydrogen) atoms. The van der Waals surface area contributed by atoms with Crippen LogP contribution < -0.4 is 10.6 Å². The molecule has 1 aromatic carbocycles. The molecule has 1 aliphatic heterocycles. The number of thiazole rings is 1. The SMILES string of the molecule is CO[C@@H](c1c(Nc2ccc([C@H](N(C)C(=O)C3CCNCC3)C(F)(F)F)cc2)cnc2sc(C)nc12)C(F)F. The molecule has 206 valence electrons. The number of alkyl halides is 5. The van der Waals surface area contributed by atoms with Gasteiger partial charge in [-0.05, 0) is 50.6 Å². The third-order valence-electron chi connectivity index (χ3n) is 6.58. The van der Waals surface area contributed by atoms with E-state index in [-0.39, 0.29) is 22.3 Å². The van der Waals surface area contributed by atoms with Gasteiger partial charge in [-0.3, -0.25) is 4.79 Å². The second kappa shape index (κ2) is 11.5. The van der Waals surface area contributed by atoms with Gasteiger partial charge in [-0.2, -0.15) is 13.2 Å². The quantitative estimate of drug-likeness (QED) is 0.343. The number of piperidine rings is 1. The van der Waals surface area contributed by atoms with E-state index in [2.05, 4.69) is 20.6 Å². The molecule has 1 amide bonds. The highest BCUT2D eigenvalue weighted by Gasteiger charge is 2.46. The van der Waals surface area contributed by atoms with Crippen molar-refractivity contribution in [3.63, 3.8) is 0 Å². The summed E-state index contributed by atoms with van der Waals surface area (Å²) in [6.07, 6.45) is -6.79. The molecule has 0 radical (unpaired) electrons. The average molecular weight is 558 g/mol. The number of anilines is 2. The molecule has 3 heterocycles. The number of carbonyl (C=O) groups excluding carboxylic acids is 1. The molecule has 1 aliphatic rings. The van der Waals surface area contributed by atoms with E-state index in [4.69, 9.17) is 4.74 Å². The monoisotopic (exact) mass is 557 g/mol. The van der Waals surface area contributed by atoms with Crippen LogP contribution in [0.15, 0.2) is 30.5 Å². The summed E-state index contributed by atoms with van der Waals surface area (Å²) in [5.41, 5.74) is 0.825. The van der Waals surface area contributed by atoms with Crippen LogP contribution in [-0.2, 0) is 9.53 Å². The minimum Gasteiger partial charge on any atom is -0.371 e. The summed E-state index contributed by atoms with van der Waals surface area (Å²) in [5.74, 6) is -1.01. The molecule has 13 heteroatoms. The van der Waals surface area contributed by atoms with Crippen LogP contribution in [0.3, 0.4) is 0 Å². The zero-order chi connectivity index (χ0) is 27.6. The number of nitrogens with one attached hydrogen (secondary N) is 2. The number of aryl methyl sites for hydroxylation is 1. The number of fused-ring (bicyclic) bond motifs is 1. The standard InChI is InChI=1S/C25H28F5N5O2S/c1-13-33-19-18(20(37-3)22(26)27)17(12-32-23(19)38-13)34-16-6-4-14(5-7-16)21(25(28,29)30)35(2)24(36)15-8-10-31-11-9-15/h4-7,12,15,20-22,31,34H,8-11H2,1-3H3/t20-,21-/m0/s1. The lowest BCUT2D eigenvalue weighted by Gasteiger charge is -2.34. The molecule has 0 aliphatic carbocycles. The van der Waals surface area contributed by atoms with Crippen LogP contribution in [-0.4, -0.2) is 60.6 Å². The molecule has 1 fully saturated rings. The zero-order valence-electron chi connectivity index (χ0n) is 21.0. The van der Waals surface area contributed by atoms with E-state index in [0.29, 0.717) is 41.5 Å². The lowest BCUT2D eigenvalue weighted by Crippen LogP contribution is -2.45. The van der Waals surface area contributed by atoms with Crippen molar-refractivity contribution in [1.82, 2.24) is 20.2 Å². The highest BCUT2D eigenvalue weighted by molar-refractivity contribution is 7.18. The van der Waals surface area contributed by atoms with E-state index in [1.165, 1.54) is 56.0 Å². The molecule has 0 unspecified atom stereocenters. The van der Waals surface area contributed by atoms with Gasteiger partial charge in [0.1, 0.15) is 16.5 Å². The first-order valence-corrected chi connectivity index (χ1v) is 12.8. The van der Waals surface area contributed by atoms with E-state index >= 15 is 0 Å². The third-order valence-corrected chi connectivity index (χ3v) is 7.46. The van der Waals surface area contributed by atoms with Crippen LogP contribution in [0.1, 0.15) is 41.1 Å². The summed E-state index contributed by atoms with van der Waals surface area (Å²) in [5, 5.41) is 6.71. The van der Waals surface area contributed by atoms with E-state index in [1.807, 2.05) is 0 Å². The Morgan fingerprint density at radius 2 is 1.87 bits per heavy atom. The zero-order valence-corrected chi connectivity index (χ0v) is 21.8. The number of methoxy groups -OCH3 is 1. The second-order valence-electron chi connectivity index (χ2n) is 9.13. The Labute approximate surface area is 220 Å². The van der Waals surface area contributed by atoms with Crippen molar-refractivity contribution >= 4 is 39.0 Å². The van der Waals surface area contributed by atoms with Gasteiger partial charge in [0.15, 0.2) is 6.04 Å². The molecule has 0 saturated carbocycles. The molecule has 2 aromatic heterocycles. The molecule has 4 rings (SSSR count). The Morgan fingerprint density at radius 3 is 2.45 bits per heavy atom. The molecule has 1 saturated heterocycles. The minimum absolute atomic E-state index is 0.112. The number of carbonyl (C=O) groups is 1. The van der Waals surface area contributed by atoms with Gasteiger partial charge in [-0.25, -0.2) is 18.7 Å². The van der Waals surface area contributed by atoms with E-state index in [0.717, 1.165) is 4.90 Å². The van der Waals surface area contributed by atoms with Crippen molar-refractivity contribution in [1.29, 1.82) is 0 Å². The lowest BCUT2D eigenvalue weighted by atomic mass is 9.95. The van der Waals surface area contributed by atoms with Crippen molar-refractivity contribution in [3.05, 3.63) is 46.6 Å². The van der Waals surface area contributed by atoms with Crippen molar-refractivity contribution < 1.29 is 31.5 Å². The first-order chi connectivity index (χ1) is 18.0. The van der Waals surface area contributed by atoms with Crippen LogP contribution in [0.5, 0.6) is 0 Å². The van der Waals surface area contributed by atoms with Crippen LogP contribution in [0, 0.1) is 12.8 Å². The maximum Gasteiger partial charge on any atom is 0.413 e. The number of rotatable bonds is 8. The number of amides is 1. The van der Waals surface area contributed by atoms with E-state index in [9.17, 15) is 26.7 Å². The molecule has 0 spiro atoms. The van der Waals surface area contributed by atoms with E-state index in [1.54, 1.807) is 6.92 Å². The van der Waals surface area contributed by atoms with Crippen molar-refractivity contribution in [2.24, 2.45) is 5.92 Å². The second-order valence-corrected chi connectivity index (χ2v) is 10.3. The first-order valence-electron chi connectivity index (χ1n) is 12.0. The highest BCUT2D eigenvalue weighted by atomic mass is 32.1. The maximum atomic E-state index is 14.1. The van der Waals surface area contributed by atoms with Crippen LogP contribution >= 0.6 is 11.3 Å². The summed E-state index contributed by atoms with van der Waals surface area (Å²) in [7, 11) is 2.34. The molecule has 2 N–H and O–H groups in total. The van der Waals surface area contributed by atoms with Crippen LogP contribution in [0.4, 0.5) is 33.3 Å².